The lowest BCUT2D eigenvalue weighted by Gasteiger charge is -2.11. The smallest absolute Gasteiger partial charge is 0.217 e. The molecule has 0 saturated carbocycles. The Kier molecular flexibility index (Phi) is 3.99. The van der Waals surface area contributed by atoms with Crippen molar-refractivity contribution in [3.8, 4) is 0 Å². The molecule has 0 radical (unpaired) electrons. The predicted molar refractivity (Wildman–Crippen MR) is 36.1 cm³/mol. The van der Waals surface area contributed by atoms with Gasteiger partial charge in [0.2, 0.25) is 5.91 Å². The summed E-state index contributed by atoms with van der Waals surface area (Å²) in [5.41, 5.74) is 4.81. The number of carbonyl (C=O) groups is 1. The van der Waals surface area contributed by atoms with Crippen molar-refractivity contribution in [1.29, 1.82) is 0 Å². The summed E-state index contributed by atoms with van der Waals surface area (Å²) in [5, 5.41) is 17.6. The Labute approximate surface area is 59.7 Å². The summed E-state index contributed by atoms with van der Waals surface area (Å²) in [7, 11) is 0. The van der Waals surface area contributed by atoms with Gasteiger partial charge in [-0.25, -0.2) is 0 Å². The molecule has 4 nitrogen and oxygen atoms in total. The molecule has 0 heterocycles. The summed E-state index contributed by atoms with van der Waals surface area (Å²) < 4.78 is 0. The maximum absolute atomic E-state index is 10.2. The highest BCUT2D eigenvalue weighted by Crippen LogP contribution is 2.00. The fraction of sp³-hybridized carbons (Fsp3) is 0.833. The standard InChI is InChI=1S/C6H13NO3/c1-4(8)5(9)2-3-6(7)10/h4-5,8-9H,2-3H2,1H3,(H2,7,10)/t4-,5+/m0/s1. The molecule has 1 amide bonds. The average Bonchev–Trinajstić information content (AvgIpc) is 1.82. The van der Waals surface area contributed by atoms with Gasteiger partial charge in [-0.2, -0.15) is 0 Å². The molecular formula is C6H13NO3. The number of nitrogens with two attached hydrogens (primary N) is 1. The molecule has 60 valence electrons. The fourth-order valence-electron chi connectivity index (χ4n) is 0.531. The van der Waals surface area contributed by atoms with Crippen molar-refractivity contribution in [1.82, 2.24) is 0 Å². The molecule has 0 aliphatic heterocycles. The first-order valence-corrected chi connectivity index (χ1v) is 3.18. The van der Waals surface area contributed by atoms with Gasteiger partial charge in [-0.15, -0.1) is 0 Å². The molecule has 0 aromatic rings. The molecule has 0 aromatic heterocycles. The van der Waals surface area contributed by atoms with Crippen LogP contribution in [0, 0.1) is 0 Å². The van der Waals surface area contributed by atoms with Crippen molar-refractivity contribution >= 4 is 5.91 Å². The van der Waals surface area contributed by atoms with E-state index in [4.69, 9.17) is 15.9 Å². The number of rotatable bonds is 4. The molecule has 10 heavy (non-hydrogen) atoms. The van der Waals surface area contributed by atoms with Gasteiger partial charge < -0.3 is 15.9 Å². The Hall–Kier alpha value is -0.610. The van der Waals surface area contributed by atoms with E-state index in [0.717, 1.165) is 0 Å². The minimum absolute atomic E-state index is 0.117. The van der Waals surface area contributed by atoms with Gasteiger partial charge in [0, 0.05) is 6.42 Å². The van der Waals surface area contributed by atoms with Crippen LogP contribution in [0.25, 0.3) is 0 Å². The molecule has 4 heteroatoms. The second kappa shape index (κ2) is 4.24. The van der Waals surface area contributed by atoms with Crippen molar-refractivity contribution in [2.24, 2.45) is 5.73 Å². The second-order valence-electron chi connectivity index (χ2n) is 2.31. The number of hydrogen-bond donors (Lipinski definition) is 3. The van der Waals surface area contributed by atoms with E-state index in [1.807, 2.05) is 0 Å². The van der Waals surface area contributed by atoms with Crippen molar-refractivity contribution in [2.45, 2.75) is 32.0 Å². The first-order chi connectivity index (χ1) is 4.54. The Morgan fingerprint density at radius 3 is 2.40 bits per heavy atom. The number of amides is 1. The van der Waals surface area contributed by atoms with Gasteiger partial charge in [-0.05, 0) is 13.3 Å². The molecular weight excluding hydrogens is 134 g/mol. The zero-order valence-corrected chi connectivity index (χ0v) is 5.95. The van der Waals surface area contributed by atoms with Gasteiger partial charge in [-0.1, -0.05) is 0 Å². The second-order valence-corrected chi connectivity index (χ2v) is 2.31. The lowest BCUT2D eigenvalue weighted by molar-refractivity contribution is -0.118. The van der Waals surface area contributed by atoms with E-state index in [0.29, 0.717) is 0 Å². The topological polar surface area (TPSA) is 83.6 Å². The van der Waals surface area contributed by atoms with Crippen molar-refractivity contribution < 1.29 is 15.0 Å². The lowest BCUT2D eigenvalue weighted by atomic mass is 10.1. The Morgan fingerprint density at radius 1 is 1.60 bits per heavy atom. The lowest BCUT2D eigenvalue weighted by Crippen LogP contribution is -2.24. The molecule has 0 aliphatic rings. The van der Waals surface area contributed by atoms with E-state index >= 15 is 0 Å². The number of carbonyl (C=O) groups excluding carboxylic acids is 1. The van der Waals surface area contributed by atoms with Crippen LogP contribution in [0.4, 0.5) is 0 Å². The highest BCUT2D eigenvalue weighted by Gasteiger charge is 2.10. The molecule has 0 saturated heterocycles. The largest absolute Gasteiger partial charge is 0.391 e. The summed E-state index contributed by atoms with van der Waals surface area (Å²) in [6, 6.07) is 0. The van der Waals surface area contributed by atoms with Gasteiger partial charge in [0.15, 0.2) is 0 Å². The molecule has 0 unspecified atom stereocenters. The molecule has 0 bridgehead atoms. The van der Waals surface area contributed by atoms with E-state index in [-0.39, 0.29) is 12.8 Å². The summed E-state index contributed by atoms with van der Waals surface area (Å²) in [6.45, 7) is 1.46. The van der Waals surface area contributed by atoms with Crippen LogP contribution in [0.5, 0.6) is 0 Å². The highest BCUT2D eigenvalue weighted by atomic mass is 16.3. The maximum atomic E-state index is 10.2. The predicted octanol–water partition coefficient (Wildman–Crippen LogP) is -1.01. The molecule has 2 atom stereocenters. The van der Waals surface area contributed by atoms with E-state index in [1.54, 1.807) is 0 Å². The first-order valence-electron chi connectivity index (χ1n) is 3.18. The molecule has 0 aromatic carbocycles. The summed E-state index contributed by atoms with van der Waals surface area (Å²) in [5.74, 6) is -0.459. The zero-order chi connectivity index (χ0) is 8.15. The molecule has 0 fully saturated rings. The van der Waals surface area contributed by atoms with Crippen LogP contribution in [0.1, 0.15) is 19.8 Å². The van der Waals surface area contributed by atoms with Crippen LogP contribution in [0.2, 0.25) is 0 Å². The van der Waals surface area contributed by atoms with E-state index in [1.165, 1.54) is 6.92 Å². The van der Waals surface area contributed by atoms with E-state index in [2.05, 4.69) is 0 Å². The molecule has 0 spiro atoms. The minimum atomic E-state index is -0.840. The van der Waals surface area contributed by atoms with Crippen LogP contribution in [-0.4, -0.2) is 28.3 Å². The number of aliphatic hydroxyl groups excluding tert-OH is 2. The molecule has 4 N–H and O–H groups in total. The van der Waals surface area contributed by atoms with E-state index in [9.17, 15) is 4.79 Å². The van der Waals surface area contributed by atoms with Crippen LogP contribution in [-0.2, 0) is 4.79 Å². The average molecular weight is 147 g/mol. The number of aliphatic hydroxyl groups is 2. The van der Waals surface area contributed by atoms with Crippen LogP contribution in [0.3, 0.4) is 0 Å². The van der Waals surface area contributed by atoms with Crippen molar-refractivity contribution in [2.75, 3.05) is 0 Å². The zero-order valence-electron chi connectivity index (χ0n) is 5.95. The number of primary amides is 1. The van der Waals surface area contributed by atoms with E-state index < -0.39 is 18.1 Å². The Morgan fingerprint density at radius 2 is 2.10 bits per heavy atom. The highest BCUT2D eigenvalue weighted by molar-refractivity contribution is 5.73. The normalized spacial score (nSPS) is 16.3. The maximum Gasteiger partial charge on any atom is 0.217 e. The third kappa shape index (κ3) is 4.29. The third-order valence-corrected chi connectivity index (χ3v) is 1.24. The molecule has 0 aliphatic carbocycles. The van der Waals surface area contributed by atoms with Crippen molar-refractivity contribution in [3.63, 3.8) is 0 Å². The Bertz CT molecular complexity index is 114. The van der Waals surface area contributed by atoms with Gasteiger partial charge in [0.25, 0.3) is 0 Å². The number of hydrogen-bond acceptors (Lipinski definition) is 3. The van der Waals surface area contributed by atoms with Crippen LogP contribution < -0.4 is 5.73 Å². The van der Waals surface area contributed by atoms with Gasteiger partial charge in [0.1, 0.15) is 0 Å². The third-order valence-electron chi connectivity index (χ3n) is 1.24. The van der Waals surface area contributed by atoms with Crippen molar-refractivity contribution in [3.05, 3.63) is 0 Å². The van der Waals surface area contributed by atoms with Crippen LogP contribution in [0.15, 0.2) is 0 Å². The van der Waals surface area contributed by atoms with Gasteiger partial charge in [0.05, 0.1) is 12.2 Å². The summed E-state index contributed by atoms with van der Waals surface area (Å²) >= 11 is 0. The minimum Gasteiger partial charge on any atom is -0.391 e. The van der Waals surface area contributed by atoms with Gasteiger partial charge >= 0.3 is 0 Å². The summed E-state index contributed by atoms with van der Waals surface area (Å²) in [4.78, 5) is 10.2. The van der Waals surface area contributed by atoms with Gasteiger partial charge in [-0.3, -0.25) is 4.79 Å². The summed E-state index contributed by atoms with van der Waals surface area (Å²) in [6.07, 6.45) is -1.29. The SMILES string of the molecule is C[C@H](O)[C@H](O)CCC(N)=O. The fourth-order valence-corrected chi connectivity index (χ4v) is 0.531. The van der Waals surface area contributed by atoms with Crippen LogP contribution >= 0.6 is 0 Å². The quantitative estimate of drug-likeness (QED) is 0.476. The monoisotopic (exact) mass is 147 g/mol. The first kappa shape index (κ1) is 9.39. The molecule has 0 rings (SSSR count). The Balaban J connectivity index is 3.39.